The van der Waals surface area contributed by atoms with Gasteiger partial charge in [-0.1, -0.05) is 13.8 Å². The number of ether oxygens (including phenoxy) is 1. The number of aliphatic carboxylic acids is 1. The van der Waals surface area contributed by atoms with Crippen LogP contribution in [0.5, 0.6) is 0 Å². The van der Waals surface area contributed by atoms with Crippen molar-refractivity contribution in [3.8, 4) is 0 Å². The van der Waals surface area contributed by atoms with E-state index in [1.54, 1.807) is 4.90 Å². The van der Waals surface area contributed by atoms with E-state index in [1.807, 2.05) is 27.7 Å². The topological polar surface area (TPSA) is 78.9 Å². The van der Waals surface area contributed by atoms with E-state index < -0.39 is 12.0 Å². The number of carbonyl (C=O) groups excluding carboxylic acids is 1. The molecule has 0 aliphatic rings. The minimum absolute atomic E-state index is 0.208. The Morgan fingerprint density at radius 2 is 1.95 bits per heavy atom. The first-order valence-corrected chi connectivity index (χ1v) is 6.78. The number of amides is 2. The average molecular weight is 274 g/mol. The molecule has 0 aliphatic heterocycles. The zero-order chi connectivity index (χ0) is 14.8. The van der Waals surface area contributed by atoms with Crippen molar-refractivity contribution in [2.24, 2.45) is 5.92 Å². The number of hydrogen-bond acceptors (Lipinski definition) is 3. The molecule has 0 bridgehead atoms. The standard InChI is InChI=1S/C13H26N2O4/c1-5-15(7-8-19-6-2)13(18)14-11(12(16)17)9-10(3)4/h10-11H,5-9H2,1-4H3,(H,14,18)(H,16,17)/t11-/m1/s1. The number of rotatable bonds is 9. The van der Waals surface area contributed by atoms with Gasteiger partial charge >= 0.3 is 12.0 Å². The van der Waals surface area contributed by atoms with E-state index in [0.717, 1.165) is 0 Å². The zero-order valence-electron chi connectivity index (χ0n) is 12.3. The van der Waals surface area contributed by atoms with E-state index in [-0.39, 0.29) is 11.9 Å². The Labute approximate surface area is 115 Å². The second-order valence-electron chi connectivity index (χ2n) is 4.75. The predicted octanol–water partition coefficient (Wildman–Crippen LogP) is 1.55. The Hall–Kier alpha value is -1.30. The Bertz CT molecular complexity index is 282. The molecule has 6 nitrogen and oxygen atoms in total. The maximum Gasteiger partial charge on any atom is 0.326 e. The van der Waals surface area contributed by atoms with Gasteiger partial charge in [-0.15, -0.1) is 0 Å². The molecule has 0 unspecified atom stereocenters. The Kier molecular flexibility index (Phi) is 8.95. The van der Waals surface area contributed by atoms with E-state index >= 15 is 0 Å². The van der Waals surface area contributed by atoms with Crippen LogP contribution < -0.4 is 5.32 Å². The van der Waals surface area contributed by atoms with Crippen molar-refractivity contribution in [1.82, 2.24) is 10.2 Å². The number of nitrogens with one attached hydrogen (secondary N) is 1. The molecule has 2 amide bonds. The lowest BCUT2D eigenvalue weighted by Gasteiger charge is -2.24. The normalized spacial score (nSPS) is 12.3. The molecule has 0 spiro atoms. The molecule has 2 N–H and O–H groups in total. The molecule has 1 atom stereocenters. The second-order valence-corrected chi connectivity index (χ2v) is 4.75. The number of urea groups is 1. The van der Waals surface area contributed by atoms with Crippen LogP contribution in [0.25, 0.3) is 0 Å². The molecular formula is C13H26N2O4. The SMILES string of the molecule is CCOCCN(CC)C(=O)N[C@H](CC(C)C)C(=O)O. The van der Waals surface area contributed by atoms with Crippen molar-refractivity contribution in [1.29, 1.82) is 0 Å². The third-order valence-electron chi connectivity index (χ3n) is 2.68. The molecule has 6 heteroatoms. The largest absolute Gasteiger partial charge is 0.480 e. The molecule has 0 aromatic carbocycles. The summed E-state index contributed by atoms with van der Waals surface area (Å²) >= 11 is 0. The van der Waals surface area contributed by atoms with E-state index in [2.05, 4.69) is 5.32 Å². The monoisotopic (exact) mass is 274 g/mol. The minimum atomic E-state index is -0.997. The average Bonchev–Trinajstić information content (AvgIpc) is 2.33. The van der Waals surface area contributed by atoms with Crippen molar-refractivity contribution < 1.29 is 19.4 Å². The fourth-order valence-electron chi connectivity index (χ4n) is 1.66. The van der Waals surface area contributed by atoms with Gasteiger partial charge in [-0.2, -0.15) is 0 Å². The minimum Gasteiger partial charge on any atom is -0.480 e. The summed E-state index contributed by atoms with van der Waals surface area (Å²) in [5.41, 5.74) is 0. The number of nitrogens with zero attached hydrogens (tertiary/aromatic N) is 1. The lowest BCUT2D eigenvalue weighted by Crippen LogP contribution is -2.49. The lowest BCUT2D eigenvalue weighted by atomic mass is 10.0. The summed E-state index contributed by atoms with van der Waals surface area (Å²) in [6.45, 7) is 9.63. The third-order valence-corrected chi connectivity index (χ3v) is 2.68. The number of likely N-dealkylation sites (N-methyl/N-ethyl adjacent to an activating group) is 1. The Balaban J connectivity index is 4.37. The summed E-state index contributed by atoms with van der Waals surface area (Å²) in [4.78, 5) is 24.6. The fraction of sp³-hybridized carbons (Fsp3) is 0.846. The van der Waals surface area contributed by atoms with Crippen LogP contribution in [0.15, 0.2) is 0 Å². The van der Waals surface area contributed by atoms with Crippen LogP contribution in [0.1, 0.15) is 34.1 Å². The molecule has 19 heavy (non-hydrogen) atoms. The Morgan fingerprint density at radius 3 is 2.37 bits per heavy atom. The molecule has 0 saturated heterocycles. The van der Waals surface area contributed by atoms with E-state index in [1.165, 1.54) is 0 Å². The molecule has 0 radical (unpaired) electrons. The van der Waals surface area contributed by atoms with Gasteiger partial charge in [0.2, 0.25) is 0 Å². The van der Waals surface area contributed by atoms with E-state index in [0.29, 0.717) is 32.7 Å². The highest BCUT2D eigenvalue weighted by atomic mass is 16.5. The molecule has 0 rings (SSSR count). The number of carbonyl (C=O) groups is 2. The smallest absolute Gasteiger partial charge is 0.326 e. The van der Waals surface area contributed by atoms with Crippen LogP contribution in [0.4, 0.5) is 4.79 Å². The van der Waals surface area contributed by atoms with Gasteiger partial charge < -0.3 is 20.1 Å². The van der Waals surface area contributed by atoms with Crippen molar-refractivity contribution in [2.45, 2.75) is 40.2 Å². The first kappa shape index (κ1) is 17.7. The lowest BCUT2D eigenvalue weighted by molar-refractivity contribution is -0.139. The highest BCUT2D eigenvalue weighted by Crippen LogP contribution is 2.05. The molecule has 0 aromatic heterocycles. The number of carboxylic acid groups (broad SMARTS) is 1. The van der Waals surface area contributed by atoms with Crippen molar-refractivity contribution in [3.63, 3.8) is 0 Å². The molecule has 0 aromatic rings. The maximum atomic E-state index is 12.0. The summed E-state index contributed by atoms with van der Waals surface area (Å²) < 4.78 is 5.19. The van der Waals surface area contributed by atoms with Crippen LogP contribution >= 0.6 is 0 Å². The Morgan fingerprint density at radius 1 is 1.32 bits per heavy atom. The first-order chi connectivity index (χ1) is 8.92. The van der Waals surface area contributed by atoms with Crippen LogP contribution in [0.2, 0.25) is 0 Å². The van der Waals surface area contributed by atoms with Gasteiger partial charge in [0, 0.05) is 19.7 Å². The third kappa shape index (κ3) is 7.66. The van der Waals surface area contributed by atoms with Gasteiger partial charge in [0.05, 0.1) is 6.61 Å². The van der Waals surface area contributed by atoms with Gasteiger partial charge in [-0.25, -0.2) is 9.59 Å². The summed E-state index contributed by atoms with van der Waals surface area (Å²) in [6, 6.07) is -1.19. The molecule has 112 valence electrons. The highest BCUT2D eigenvalue weighted by Gasteiger charge is 2.23. The second kappa shape index (κ2) is 9.61. The summed E-state index contributed by atoms with van der Waals surface area (Å²) in [7, 11) is 0. The van der Waals surface area contributed by atoms with Crippen molar-refractivity contribution in [3.05, 3.63) is 0 Å². The summed E-state index contributed by atoms with van der Waals surface area (Å²) in [5.74, 6) is -0.789. The van der Waals surface area contributed by atoms with E-state index in [9.17, 15) is 9.59 Å². The maximum absolute atomic E-state index is 12.0. The van der Waals surface area contributed by atoms with Crippen LogP contribution in [0, 0.1) is 5.92 Å². The van der Waals surface area contributed by atoms with Gasteiger partial charge in [0.15, 0.2) is 0 Å². The zero-order valence-corrected chi connectivity index (χ0v) is 12.3. The van der Waals surface area contributed by atoms with Crippen molar-refractivity contribution in [2.75, 3.05) is 26.3 Å². The van der Waals surface area contributed by atoms with Crippen LogP contribution in [0.3, 0.4) is 0 Å². The van der Waals surface area contributed by atoms with Gasteiger partial charge in [0.25, 0.3) is 0 Å². The molecule has 0 aliphatic carbocycles. The van der Waals surface area contributed by atoms with Crippen LogP contribution in [-0.4, -0.2) is 54.4 Å². The molecule has 0 heterocycles. The van der Waals surface area contributed by atoms with E-state index in [4.69, 9.17) is 9.84 Å². The quantitative estimate of drug-likeness (QED) is 0.625. The first-order valence-electron chi connectivity index (χ1n) is 6.78. The van der Waals surface area contributed by atoms with Gasteiger partial charge in [-0.3, -0.25) is 0 Å². The van der Waals surface area contributed by atoms with Crippen molar-refractivity contribution >= 4 is 12.0 Å². The van der Waals surface area contributed by atoms with Gasteiger partial charge in [0.1, 0.15) is 6.04 Å². The number of carboxylic acids is 1. The summed E-state index contributed by atoms with van der Waals surface area (Å²) in [5, 5.41) is 11.6. The molecular weight excluding hydrogens is 248 g/mol. The predicted molar refractivity (Wildman–Crippen MR) is 73.2 cm³/mol. The van der Waals surface area contributed by atoms with Crippen LogP contribution in [-0.2, 0) is 9.53 Å². The molecule has 0 fully saturated rings. The fourth-order valence-corrected chi connectivity index (χ4v) is 1.66. The summed E-state index contributed by atoms with van der Waals surface area (Å²) in [6.07, 6.45) is 0.421. The molecule has 0 saturated carbocycles. The van der Waals surface area contributed by atoms with Gasteiger partial charge in [-0.05, 0) is 26.2 Å². The highest BCUT2D eigenvalue weighted by molar-refractivity contribution is 5.82. The number of hydrogen-bond donors (Lipinski definition) is 2.